The molecule has 0 aliphatic heterocycles. The number of nitrogen functional groups attached to an aromatic ring is 1. The van der Waals surface area contributed by atoms with Crippen LogP contribution in [0, 0.1) is 6.92 Å². The van der Waals surface area contributed by atoms with Gasteiger partial charge in [-0.3, -0.25) is 0 Å². The molecule has 2 aromatic rings. The van der Waals surface area contributed by atoms with E-state index < -0.39 is 9.84 Å². The van der Waals surface area contributed by atoms with E-state index in [1.165, 1.54) is 11.3 Å². The van der Waals surface area contributed by atoms with Crippen molar-refractivity contribution in [1.82, 2.24) is 4.98 Å². The van der Waals surface area contributed by atoms with E-state index in [-0.39, 0.29) is 10.6 Å². The fourth-order valence-electron chi connectivity index (χ4n) is 1.68. The van der Waals surface area contributed by atoms with Gasteiger partial charge in [-0.15, -0.1) is 0 Å². The predicted molar refractivity (Wildman–Crippen MR) is 76.4 cm³/mol. The number of nitrogens with two attached hydrogens (primary N) is 1. The minimum absolute atomic E-state index is 0.122. The molecule has 0 saturated carbocycles. The van der Waals surface area contributed by atoms with E-state index in [4.69, 9.17) is 10.5 Å². The molecule has 0 unspecified atom stereocenters. The summed E-state index contributed by atoms with van der Waals surface area (Å²) in [6.45, 7) is 1.84. The lowest BCUT2D eigenvalue weighted by atomic mass is 10.2. The van der Waals surface area contributed by atoms with E-state index in [0.717, 1.165) is 11.9 Å². The van der Waals surface area contributed by atoms with Crippen molar-refractivity contribution in [2.45, 2.75) is 11.8 Å². The van der Waals surface area contributed by atoms with Crippen molar-refractivity contribution in [3.05, 3.63) is 23.9 Å². The Balaban J connectivity index is 2.57. The van der Waals surface area contributed by atoms with Crippen molar-refractivity contribution in [3.8, 4) is 15.6 Å². The Labute approximate surface area is 116 Å². The summed E-state index contributed by atoms with van der Waals surface area (Å²) in [6, 6.07) is 4.87. The van der Waals surface area contributed by atoms with Crippen LogP contribution in [0.2, 0.25) is 0 Å². The zero-order chi connectivity index (χ0) is 14.2. The lowest BCUT2D eigenvalue weighted by Gasteiger charge is -2.05. The van der Waals surface area contributed by atoms with Crippen LogP contribution in [0.1, 0.15) is 5.69 Å². The van der Waals surface area contributed by atoms with E-state index in [9.17, 15) is 8.42 Å². The number of aromatic nitrogens is 1. The molecule has 0 aliphatic rings. The highest BCUT2D eigenvalue weighted by Gasteiger charge is 2.15. The third kappa shape index (κ3) is 2.71. The zero-order valence-corrected chi connectivity index (χ0v) is 12.4. The maximum absolute atomic E-state index is 11.6. The number of hydrogen-bond donors (Lipinski definition) is 1. The van der Waals surface area contributed by atoms with Crippen LogP contribution < -0.4 is 10.5 Å². The van der Waals surface area contributed by atoms with E-state index in [0.29, 0.717) is 15.6 Å². The van der Waals surface area contributed by atoms with Crippen molar-refractivity contribution >= 4 is 26.9 Å². The van der Waals surface area contributed by atoms with Crippen LogP contribution in [0.25, 0.3) is 10.6 Å². The summed E-state index contributed by atoms with van der Waals surface area (Å²) in [4.78, 5) is 4.48. The van der Waals surface area contributed by atoms with Gasteiger partial charge in [0.1, 0.15) is 5.01 Å². The van der Waals surface area contributed by atoms with E-state index in [2.05, 4.69) is 4.98 Å². The summed E-state index contributed by atoms with van der Waals surface area (Å²) in [5.74, 6) is 0. The number of thiazole rings is 1. The first kappa shape index (κ1) is 13.8. The van der Waals surface area contributed by atoms with Gasteiger partial charge in [0.15, 0.2) is 14.9 Å². The molecule has 102 valence electrons. The van der Waals surface area contributed by atoms with Gasteiger partial charge >= 0.3 is 0 Å². The molecule has 7 heteroatoms. The van der Waals surface area contributed by atoms with Gasteiger partial charge in [0.2, 0.25) is 0 Å². The summed E-state index contributed by atoms with van der Waals surface area (Å²) >= 11 is 1.37. The summed E-state index contributed by atoms with van der Waals surface area (Å²) in [6.07, 6.45) is 1.14. The number of nitrogens with zero attached hydrogens (tertiary/aromatic N) is 1. The molecular formula is C12H14N2O3S2. The first-order valence-corrected chi connectivity index (χ1v) is 8.15. The van der Waals surface area contributed by atoms with Gasteiger partial charge in [-0.05, 0) is 25.1 Å². The molecule has 19 heavy (non-hydrogen) atoms. The quantitative estimate of drug-likeness (QED) is 0.878. The van der Waals surface area contributed by atoms with E-state index in [1.54, 1.807) is 25.3 Å². The lowest BCUT2D eigenvalue weighted by Crippen LogP contribution is -2.02. The SMILES string of the molecule is COc1sc(-c2ccc(N)c(S(C)(=O)=O)c2)nc1C. The van der Waals surface area contributed by atoms with Gasteiger partial charge < -0.3 is 10.5 Å². The number of hydrogen-bond acceptors (Lipinski definition) is 6. The molecule has 5 nitrogen and oxygen atoms in total. The van der Waals surface area contributed by atoms with Crippen molar-refractivity contribution in [2.24, 2.45) is 0 Å². The molecular weight excluding hydrogens is 284 g/mol. The largest absolute Gasteiger partial charge is 0.486 e. The second-order valence-electron chi connectivity index (χ2n) is 4.12. The van der Waals surface area contributed by atoms with Gasteiger partial charge in [0.25, 0.3) is 0 Å². The number of sulfone groups is 1. The van der Waals surface area contributed by atoms with Crippen LogP contribution in [0.3, 0.4) is 0 Å². The Morgan fingerprint density at radius 1 is 1.37 bits per heavy atom. The Morgan fingerprint density at radius 2 is 2.05 bits per heavy atom. The monoisotopic (exact) mass is 298 g/mol. The number of ether oxygens (including phenoxy) is 1. The molecule has 2 rings (SSSR count). The highest BCUT2D eigenvalue weighted by molar-refractivity contribution is 7.90. The zero-order valence-electron chi connectivity index (χ0n) is 10.8. The Kier molecular flexibility index (Phi) is 3.51. The predicted octanol–water partition coefficient (Wildman–Crippen LogP) is 2.11. The number of rotatable bonds is 3. The topological polar surface area (TPSA) is 82.3 Å². The minimum atomic E-state index is -3.35. The highest BCUT2D eigenvalue weighted by atomic mass is 32.2. The molecule has 1 heterocycles. The van der Waals surface area contributed by atoms with Gasteiger partial charge in [0.05, 0.1) is 23.4 Å². The third-order valence-electron chi connectivity index (χ3n) is 2.60. The normalized spacial score (nSPS) is 11.5. The average molecular weight is 298 g/mol. The van der Waals surface area contributed by atoms with Crippen LogP contribution in [-0.4, -0.2) is 26.8 Å². The number of methoxy groups -OCH3 is 1. The van der Waals surface area contributed by atoms with Gasteiger partial charge in [-0.2, -0.15) is 0 Å². The maximum Gasteiger partial charge on any atom is 0.197 e. The second-order valence-corrected chi connectivity index (χ2v) is 7.07. The molecule has 0 spiro atoms. The number of benzene rings is 1. The molecule has 0 bridgehead atoms. The van der Waals surface area contributed by atoms with E-state index >= 15 is 0 Å². The van der Waals surface area contributed by atoms with Gasteiger partial charge in [-0.1, -0.05) is 11.3 Å². The van der Waals surface area contributed by atoms with Crippen molar-refractivity contribution in [1.29, 1.82) is 0 Å². The number of aryl methyl sites for hydroxylation is 1. The number of anilines is 1. The van der Waals surface area contributed by atoms with Crippen molar-refractivity contribution in [2.75, 3.05) is 19.1 Å². The fourth-order valence-corrected chi connectivity index (χ4v) is 3.40. The molecule has 0 saturated heterocycles. The first-order chi connectivity index (χ1) is 8.82. The van der Waals surface area contributed by atoms with Crippen molar-refractivity contribution in [3.63, 3.8) is 0 Å². The van der Waals surface area contributed by atoms with Crippen molar-refractivity contribution < 1.29 is 13.2 Å². The van der Waals surface area contributed by atoms with Crippen LogP contribution in [0.5, 0.6) is 5.06 Å². The Hall–Kier alpha value is -1.60. The van der Waals surface area contributed by atoms with Crippen LogP contribution >= 0.6 is 11.3 Å². The van der Waals surface area contributed by atoms with E-state index in [1.807, 2.05) is 6.92 Å². The molecule has 0 amide bonds. The molecule has 1 aromatic carbocycles. The van der Waals surface area contributed by atoms with Gasteiger partial charge in [0, 0.05) is 11.8 Å². The van der Waals surface area contributed by atoms with Crippen LogP contribution in [0.15, 0.2) is 23.1 Å². The molecule has 0 atom stereocenters. The minimum Gasteiger partial charge on any atom is -0.486 e. The summed E-state index contributed by atoms with van der Waals surface area (Å²) < 4.78 is 28.5. The molecule has 0 aliphatic carbocycles. The smallest absolute Gasteiger partial charge is 0.197 e. The summed E-state index contributed by atoms with van der Waals surface area (Å²) in [7, 11) is -1.77. The molecule has 0 fully saturated rings. The standard InChI is InChI=1S/C12H14N2O3S2/c1-7-12(17-2)18-11(14-7)8-4-5-9(13)10(6-8)19(3,15)16/h4-6H,13H2,1-3H3. The average Bonchev–Trinajstić information content (AvgIpc) is 2.69. The summed E-state index contributed by atoms with van der Waals surface area (Å²) in [5.41, 5.74) is 7.43. The Bertz CT molecular complexity index is 721. The third-order valence-corrected chi connectivity index (χ3v) is 4.92. The lowest BCUT2D eigenvalue weighted by molar-refractivity contribution is 0.423. The second kappa shape index (κ2) is 4.82. The van der Waals surface area contributed by atoms with Crippen LogP contribution in [-0.2, 0) is 9.84 Å². The fraction of sp³-hybridized carbons (Fsp3) is 0.250. The Morgan fingerprint density at radius 3 is 2.58 bits per heavy atom. The molecule has 1 aromatic heterocycles. The highest BCUT2D eigenvalue weighted by Crippen LogP contribution is 2.35. The maximum atomic E-state index is 11.6. The molecule has 2 N–H and O–H groups in total. The summed E-state index contributed by atoms with van der Waals surface area (Å²) in [5, 5.41) is 1.42. The van der Waals surface area contributed by atoms with Gasteiger partial charge in [-0.25, -0.2) is 13.4 Å². The first-order valence-electron chi connectivity index (χ1n) is 5.44. The van der Waals surface area contributed by atoms with Crippen LogP contribution in [0.4, 0.5) is 5.69 Å². The molecule has 0 radical (unpaired) electrons.